The second-order valence-electron chi connectivity index (χ2n) is 7.95. The predicted octanol–water partition coefficient (Wildman–Crippen LogP) is 0.450. The summed E-state index contributed by atoms with van der Waals surface area (Å²) < 4.78 is 7.31. The summed E-state index contributed by atoms with van der Waals surface area (Å²) in [4.78, 5) is 35.1. The van der Waals surface area contributed by atoms with Gasteiger partial charge in [-0.05, 0) is 37.0 Å². The quantitative estimate of drug-likeness (QED) is 0.315. The molecule has 0 amide bonds. The monoisotopic (exact) mass is 457 g/mol. The number of carbonyl (C=O) groups is 2. The van der Waals surface area contributed by atoms with Gasteiger partial charge in [-0.25, -0.2) is 19.7 Å². The van der Waals surface area contributed by atoms with Gasteiger partial charge in [0.1, 0.15) is 24.1 Å². The Labute approximate surface area is 187 Å². The molecule has 3 heterocycles. The van der Waals surface area contributed by atoms with Gasteiger partial charge in [-0.3, -0.25) is 9.36 Å². The molecule has 3 aromatic rings. The molecule has 1 saturated heterocycles. The molecule has 1 fully saturated rings. The van der Waals surface area contributed by atoms with E-state index >= 15 is 0 Å². The molecule has 0 bridgehead atoms. The fourth-order valence-electron chi connectivity index (χ4n) is 4.05. The summed E-state index contributed by atoms with van der Waals surface area (Å²) in [7, 11) is 0. The molecule has 6 N–H and O–H groups in total. The van der Waals surface area contributed by atoms with Gasteiger partial charge in [-0.15, -0.1) is 0 Å². The number of nitrogens with zero attached hydrogens (tertiary/aromatic N) is 4. The van der Waals surface area contributed by atoms with Crippen LogP contribution < -0.4 is 5.73 Å². The van der Waals surface area contributed by atoms with Crippen molar-refractivity contribution >= 4 is 28.9 Å². The van der Waals surface area contributed by atoms with Gasteiger partial charge in [0.05, 0.1) is 23.9 Å². The van der Waals surface area contributed by atoms with Crippen LogP contribution in [-0.4, -0.2) is 70.2 Å². The minimum atomic E-state index is -1.29. The first kappa shape index (κ1) is 22.6. The number of aliphatic carboxylic acids is 1. The molecule has 1 aliphatic heterocycles. The number of aliphatic hydroxyl groups excluding tert-OH is 2. The number of benzene rings is 1. The number of ether oxygens (including phenoxy) is 1. The van der Waals surface area contributed by atoms with Crippen LogP contribution in [-0.2, 0) is 16.0 Å². The number of anilines is 1. The molecule has 5 atom stereocenters. The Morgan fingerprint density at radius 1 is 1.15 bits per heavy atom. The van der Waals surface area contributed by atoms with Gasteiger partial charge in [-0.2, -0.15) is 0 Å². The molecule has 0 radical (unpaired) electrons. The zero-order chi connectivity index (χ0) is 23.7. The van der Waals surface area contributed by atoms with E-state index in [4.69, 9.17) is 15.6 Å². The van der Waals surface area contributed by atoms with E-state index in [9.17, 15) is 24.9 Å². The van der Waals surface area contributed by atoms with Crippen molar-refractivity contribution in [1.29, 1.82) is 0 Å². The molecule has 0 spiro atoms. The topological polar surface area (TPSA) is 194 Å². The average molecular weight is 457 g/mol. The second-order valence-corrected chi connectivity index (χ2v) is 7.95. The highest BCUT2D eigenvalue weighted by atomic mass is 16.6. The standard InChI is InChI=1S/C21H23N5O7/c22-17-14-18(24-8-23-17)26(9-25-14)19-16(28)15(27)13(33-19)5-4-12(21(31)32)7-10-2-1-3-11(6-10)20(29)30/h1-3,6,8-9,12-13,15-16,19,27-28H,4-5,7H2,(H,29,30)(H,31,32)(H2,22,23,24)/t12?,13-,15-,16-,19-/m1/s1. The number of rotatable bonds is 8. The van der Waals surface area contributed by atoms with E-state index in [1.54, 1.807) is 12.1 Å². The van der Waals surface area contributed by atoms with Crippen LogP contribution in [0.25, 0.3) is 11.2 Å². The highest BCUT2D eigenvalue weighted by molar-refractivity contribution is 5.87. The van der Waals surface area contributed by atoms with E-state index in [2.05, 4.69) is 15.0 Å². The normalized spacial score (nSPS) is 23.6. The molecular weight excluding hydrogens is 434 g/mol. The van der Waals surface area contributed by atoms with E-state index in [0.29, 0.717) is 16.7 Å². The number of carboxylic acids is 2. The van der Waals surface area contributed by atoms with Crippen LogP contribution in [0.4, 0.5) is 5.82 Å². The number of fused-ring (bicyclic) bond motifs is 1. The molecule has 1 unspecified atom stereocenters. The van der Waals surface area contributed by atoms with Crippen molar-refractivity contribution in [3.63, 3.8) is 0 Å². The van der Waals surface area contributed by atoms with Gasteiger partial charge in [-0.1, -0.05) is 12.1 Å². The lowest BCUT2D eigenvalue weighted by molar-refractivity contribution is -0.142. The molecule has 174 valence electrons. The van der Waals surface area contributed by atoms with Crippen molar-refractivity contribution in [3.8, 4) is 0 Å². The summed E-state index contributed by atoms with van der Waals surface area (Å²) in [5, 5.41) is 39.8. The number of nitrogens with two attached hydrogens (primary N) is 1. The van der Waals surface area contributed by atoms with Gasteiger partial charge >= 0.3 is 11.9 Å². The Kier molecular flexibility index (Phi) is 6.22. The number of hydrogen-bond acceptors (Lipinski definition) is 9. The highest BCUT2D eigenvalue weighted by Gasteiger charge is 2.44. The van der Waals surface area contributed by atoms with Crippen molar-refractivity contribution in [2.24, 2.45) is 5.92 Å². The average Bonchev–Trinajstić information content (AvgIpc) is 3.33. The molecule has 12 heteroatoms. The number of imidazole rings is 1. The van der Waals surface area contributed by atoms with Crippen LogP contribution in [0, 0.1) is 5.92 Å². The number of nitrogen functional groups attached to an aromatic ring is 1. The maximum atomic E-state index is 11.8. The molecule has 33 heavy (non-hydrogen) atoms. The highest BCUT2D eigenvalue weighted by Crippen LogP contribution is 2.34. The van der Waals surface area contributed by atoms with Crippen LogP contribution in [0.3, 0.4) is 0 Å². The van der Waals surface area contributed by atoms with Crippen molar-refractivity contribution in [2.75, 3.05) is 5.73 Å². The summed E-state index contributed by atoms with van der Waals surface area (Å²) in [6.07, 6.45) is -1.30. The maximum Gasteiger partial charge on any atom is 0.335 e. The minimum Gasteiger partial charge on any atom is -0.481 e. The molecular formula is C21H23N5O7. The van der Waals surface area contributed by atoms with Crippen LogP contribution in [0.5, 0.6) is 0 Å². The summed E-state index contributed by atoms with van der Waals surface area (Å²) in [6, 6.07) is 6.11. The van der Waals surface area contributed by atoms with Crippen molar-refractivity contribution in [1.82, 2.24) is 19.5 Å². The third kappa shape index (κ3) is 4.49. The molecule has 0 saturated carbocycles. The van der Waals surface area contributed by atoms with Gasteiger partial charge in [0, 0.05) is 0 Å². The van der Waals surface area contributed by atoms with E-state index in [1.165, 1.54) is 29.4 Å². The van der Waals surface area contributed by atoms with Crippen LogP contribution in [0.15, 0.2) is 36.9 Å². The Bertz CT molecular complexity index is 1180. The lowest BCUT2D eigenvalue weighted by Gasteiger charge is -2.18. The van der Waals surface area contributed by atoms with Crippen molar-refractivity contribution < 1.29 is 34.8 Å². The second kappa shape index (κ2) is 9.10. The van der Waals surface area contributed by atoms with Crippen LogP contribution >= 0.6 is 0 Å². The zero-order valence-electron chi connectivity index (χ0n) is 17.4. The van der Waals surface area contributed by atoms with E-state index < -0.39 is 42.4 Å². The lowest BCUT2D eigenvalue weighted by atomic mass is 9.92. The number of aliphatic hydroxyl groups is 2. The van der Waals surface area contributed by atoms with E-state index in [1.807, 2.05) is 0 Å². The maximum absolute atomic E-state index is 11.8. The van der Waals surface area contributed by atoms with E-state index in [-0.39, 0.29) is 30.6 Å². The fraction of sp³-hybridized carbons (Fsp3) is 0.381. The van der Waals surface area contributed by atoms with Crippen LogP contribution in [0.2, 0.25) is 0 Å². The summed E-state index contributed by atoms with van der Waals surface area (Å²) in [5.74, 6) is -2.80. The van der Waals surface area contributed by atoms with Gasteiger partial charge in [0.25, 0.3) is 0 Å². The Morgan fingerprint density at radius 3 is 2.67 bits per heavy atom. The largest absolute Gasteiger partial charge is 0.481 e. The smallest absolute Gasteiger partial charge is 0.335 e. The Hall–Kier alpha value is -3.61. The number of aromatic carboxylic acids is 1. The SMILES string of the molecule is Nc1ncnc2c1ncn2[C@@H]1O[C@H](CCC(Cc2cccc(C(=O)O)c2)C(=O)O)[C@@H](O)[C@H]1O. The molecule has 1 aliphatic rings. The minimum absolute atomic E-state index is 0.0779. The fourth-order valence-corrected chi connectivity index (χ4v) is 4.05. The molecule has 2 aromatic heterocycles. The Balaban J connectivity index is 1.45. The third-order valence-corrected chi connectivity index (χ3v) is 5.80. The van der Waals surface area contributed by atoms with Gasteiger partial charge in [0.15, 0.2) is 17.7 Å². The summed E-state index contributed by atoms with van der Waals surface area (Å²) in [5.41, 5.74) is 7.11. The predicted molar refractivity (Wildman–Crippen MR) is 113 cm³/mol. The lowest BCUT2D eigenvalue weighted by Crippen LogP contribution is -2.32. The number of aromatic nitrogens is 4. The van der Waals surface area contributed by atoms with Crippen LogP contribution in [0.1, 0.15) is 35.0 Å². The Morgan fingerprint density at radius 2 is 1.94 bits per heavy atom. The zero-order valence-corrected chi connectivity index (χ0v) is 17.4. The summed E-state index contributed by atoms with van der Waals surface area (Å²) in [6.45, 7) is 0. The first-order valence-electron chi connectivity index (χ1n) is 10.3. The van der Waals surface area contributed by atoms with Crippen molar-refractivity contribution in [2.45, 2.75) is 43.8 Å². The number of hydrogen-bond donors (Lipinski definition) is 5. The molecule has 1 aromatic carbocycles. The molecule has 12 nitrogen and oxygen atoms in total. The summed E-state index contributed by atoms with van der Waals surface area (Å²) >= 11 is 0. The molecule has 0 aliphatic carbocycles. The first-order chi connectivity index (χ1) is 15.8. The molecule has 4 rings (SSSR count). The van der Waals surface area contributed by atoms with Gasteiger partial charge < -0.3 is 30.9 Å². The van der Waals surface area contributed by atoms with Gasteiger partial charge in [0.2, 0.25) is 0 Å². The van der Waals surface area contributed by atoms with Crippen molar-refractivity contribution in [3.05, 3.63) is 48.0 Å². The third-order valence-electron chi connectivity index (χ3n) is 5.80. The number of carboxylic acid groups (broad SMARTS) is 2. The van der Waals surface area contributed by atoms with E-state index in [0.717, 1.165) is 0 Å². The first-order valence-corrected chi connectivity index (χ1v) is 10.3.